The summed E-state index contributed by atoms with van der Waals surface area (Å²) in [6, 6.07) is 39.9. The van der Waals surface area contributed by atoms with Crippen molar-refractivity contribution < 1.29 is 61.3 Å². The van der Waals surface area contributed by atoms with E-state index in [0.717, 1.165) is 87.1 Å². The third kappa shape index (κ3) is 27.7. The number of benzene rings is 8. The summed E-state index contributed by atoms with van der Waals surface area (Å²) >= 11 is 17.5. The molecule has 3 N–H and O–H groups in total. The number of aromatic nitrogens is 8. The molecule has 4 aliphatic rings. The molecule has 0 bridgehead atoms. The number of amides is 2. The van der Waals surface area contributed by atoms with Crippen molar-refractivity contribution in [2.45, 2.75) is 59.3 Å². The van der Waals surface area contributed by atoms with E-state index in [1.165, 1.54) is 125 Å². The van der Waals surface area contributed by atoms with Gasteiger partial charge in [-0.3, -0.25) is 14.4 Å². The van der Waals surface area contributed by atoms with Gasteiger partial charge in [0.05, 0.1) is 47.9 Å². The van der Waals surface area contributed by atoms with Crippen molar-refractivity contribution in [2.75, 3.05) is 139 Å². The van der Waals surface area contributed by atoms with E-state index in [0.29, 0.717) is 119 Å². The molecule has 8 heterocycles. The van der Waals surface area contributed by atoms with Gasteiger partial charge in [-0.25, -0.2) is 57.4 Å². The highest BCUT2D eigenvalue weighted by molar-refractivity contribution is 9.69. The number of rotatable bonds is 17. The van der Waals surface area contributed by atoms with Crippen molar-refractivity contribution in [3.63, 3.8) is 0 Å². The van der Waals surface area contributed by atoms with E-state index in [2.05, 4.69) is 168 Å². The smallest absolute Gasteiger partial charge is 0.491 e. The Morgan fingerprint density at radius 3 is 1.02 bits per heavy atom. The number of fused-ring (bicyclic) bond motifs is 4. The molecule has 0 unspecified atom stereocenters. The molecule has 35 heteroatoms. The molecule has 2 amide bonds. The fraction of sp³-hybridized carbons (Fsp3) is 0.293. The highest BCUT2D eigenvalue weighted by atomic mass is 79.9. The maximum Gasteiger partial charge on any atom is 0.491 e. The second kappa shape index (κ2) is 50.7. The molecule has 0 radical (unpaired) electrons. The minimum atomic E-state index is -1.72. The number of halogens is 9. The topological polar surface area (TPSA) is 265 Å². The molecule has 0 spiro atoms. The van der Waals surface area contributed by atoms with E-state index in [9.17, 15) is 37.1 Å². The van der Waals surface area contributed by atoms with Crippen LogP contribution in [-0.2, 0) is 14.4 Å². The number of ether oxygens (including phenoxy) is 3. The lowest BCUT2D eigenvalue weighted by Crippen LogP contribution is -2.48. The predicted molar refractivity (Wildman–Crippen MR) is 517 cm³/mol. The van der Waals surface area contributed by atoms with E-state index >= 15 is 0 Å². The van der Waals surface area contributed by atoms with Gasteiger partial charge in [0, 0.05) is 139 Å². The van der Waals surface area contributed by atoms with E-state index in [1.54, 1.807) is 104 Å². The minimum absolute atomic E-state index is 0.0332. The molecule has 0 atom stereocenters. The van der Waals surface area contributed by atoms with Crippen LogP contribution in [0.2, 0.25) is 0 Å². The van der Waals surface area contributed by atoms with E-state index in [4.69, 9.17) is 35.9 Å². The Labute approximate surface area is 776 Å². The molecular formula is C92H100B2Br4ClF4N15O9. The van der Waals surface area contributed by atoms with E-state index in [1.807, 2.05) is 42.5 Å². The van der Waals surface area contributed by atoms with Crippen LogP contribution in [0.1, 0.15) is 59.3 Å². The molecule has 0 saturated carbocycles. The lowest BCUT2D eigenvalue weighted by Gasteiger charge is -2.35. The van der Waals surface area contributed by atoms with Crippen LogP contribution >= 0.6 is 74.8 Å². The zero-order valence-electron chi connectivity index (χ0n) is 71.4. The second-order valence-corrected chi connectivity index (χ2v) is 36.3. The fourth-order valence-corrected chi connectivity index (χ4v) is 15.0. The first-order chi connectivity index (χ1) is 61.3. The third-order valence-electron chi connectivity index (χ3n) is 21.1. The molecule has 16 rings (SSSR count). The second-order valence-electron chi connectivity index (χ2n) is 28.7. The predicted octanol–water partition coefficient (Wildman–Crippen LogP) is 18.0. The number of piperazine rings is 2. The zero-order chi connectivity index (χ0) is 91.6. The van der Waals surface area contributed by atoms with Crippen LogP contribution in [0.25, 0.3) is 77.0 Å². The average Bonchev–Trinajstić information content (AvgIpc) is 0.775. The van der Waals surface area contributed by atoms with Gasteiger partial charge in [0.15, 0.2) is 0 Å². The summed E-state index contributed by atoms with van der Waals surface area (Å²) in [4.78, 5) is 83.1. The molecule has 4 saturated heterocycles. The summed E-state index contributed by atoms with van der Waals surface area (Å²) in [7, 11) is 3.13. The number of anilines is 4. The Morgan fingerprint density at radius 2 is 0.724 bits per heavy atom. The molecule has 12 aromatic rings. The average molecular weight is 2010 g/mol. The quantitative estimate of drug-likeness (QED) is 0.0331. The Kier molecular flexibility index (Phi) is 40.0. The van der Waals surface area contributed by atoms with Gasteiger partial charge in [-0.05, 0) is 177 Å². The maximum atomic E-state index is 14.4. The van der Waals surface area contributed by atoms with Gasteiger partial charge in [0.1, 0.15) is 94.8 Å². The summed E-state index contributed by atoms with van der Waals surface area (Å²) in [5.74, 6) is 3.65. The number of methoxy groups -OCH3 is 3. The number of hydrogen-bond donors (Lipinski definition) is 3. The van der Waals surface area contributed by atoms with Gasteiger partial charge in [0.2, 0.25) is 17.1 Å². The van der Waals surface area contributed by atoms with Crippen LogP contribution in [0.4, 0.5) is 40.8 Å². The van der Waals surface area contributed by atoms with Gasteiger partial charge < -0.3 is 63.7 Å². The molecular weight excluding hydrogens is 1910 g/mol. The number of phenols is 1. The van der Waals surface area contributed by atoms with Crippen LogP contribution in [0, 0.1) is 23.3 Å². The monoisotopic (exact) mass is 2010 g/mol. The largest absolute Gasteiger partial charge is 0.507 e. The number of piperidine rings is 2. The third-order valence-corrected chi connectivity index (χ3v) is 21.9. The van der Waals surface area contributed by atoms with Crippen LogP contribution in [0.15, 0.2) is 213 Å². The molecule has 666 valence electrons. The van der Waals surface area contributed by atoms with Crippen molar-refractivity contribution in [1.29, 1.82) is 0 Å². The summed E-state index contributed by atoms with van der Waals surface area (Å²) in [5.41, 5.74) is 6.00. The molecule has 4 fully saturated rings. The molecule has 8 aromatic carbocycles. The number of phenolic OH excluding ortho intramolecular Hbond substituents is 1. The molecule has 4 aliphatic heterocycles. The Hall–Kier alpha value is -10.7. The summed E-state index contributed by atoms with van der Waals surface area (Å²) in [6.45, 7) is 29.3. The van der Waals surface area contributed by atoms with Crippen molar-refractivity contribution >= 4 is 175 Å². The summed E-state index contributed by atoms with van der Waals surface area (Å²) in [6.07, 6.45) is 17.3. The number of aromatic hydroxyl groups is 1. The molecule has 24 nitrogen and oxygen atoms in total. The molecule has 4 aromatic heterocycles. The van der Waals surface area contributed by atoms with Gasteiger partial charge in [-0.1, -0.05) is 113 Å². The first kappa shape index (κ1) is 100. The van der Waals surface area contributed by atoms with Crippen LogP contribution in [0.5, 0.6) is 23.0 Å². The number of nitrogens with zero attached hydrogens (tertiary/aromatic N) is 15. The summed E-state index contributed by atoms with van der Waals surface area (Å²) in [5, 5.41) is 30.6. The van der Waals surface area contributed by atoms with Crippen LogP contribution in [-0.4, -0.2) is 217 Å². The number of carbonyl (C=O) groups is 3. The molecule has 127 heavy (non-hydrogen) atoms. The maximum absolute atomic E-state index is 14.4. The Balaban J connectivity index is 0.000000176. The zero-order valence-corrected chi connectivity index (χ0v) is 78.5. The van der Waals surface area contributed by atoms with Crippen LogP contribution in [0.3, 0.4) is 0 Å². The highest BCUT2D eigenvalue weighted by Gasteiger charge is 2.27. The van der Waals surface area contributed by atoms with E-state index in [-0.39, 0.29) is 37.8 Å². The standard InChI is InChI=1S/C22H21FN4O2.C21H19FN4O2.C20H20FN3O.C14H16BrN3O.C6H6BFO2.C6H15N.C3H3ClO.BBr3/c1-3-21(28)26-8-10-27(11-9-26)22-17-13-20(29-2)16(12-19(17)24-14-25-22)15-6-4-5-7-18(15)23;1-2-20(28)25-7-9-26(10-8-25)21-16-12-19(27)15(11-18(16)23-13-24-21)14-5-3-4-6-17(14)22;1-25-19-12-16-18(11-15(19)14-7-3-4-8-17(14)21)22-13-23-20(16)24-9-5-2-6-10-24;1-19-13-7-10-12(8-11(13)15)16-9-17-14(10)18-5-3-2-4-6-18;8-6-4-2-1-3-5(6)7(9)10;1-4-7(5-2)6-3;1-2-3(4)5;2-1(3)4/h3-7,12-14H,1,8-11H2,2H3;2-6,11-13,27H,1,7-10H2;3-4,7-8,11-13H,2,5-6,9-10H2,1H3;7-9H,2-6H2,1H3;1-4,9-10H;4-6H2,1-3H3;2H,1H2;. The first-order valence-corrected chi connectivity index (χ1v) is 45.0. The number of allylic oxidation sites excluding steroid dienone is 1. The lowest BCUT2D eigenvalue weighted by atomic mass is 9.80. The fourth-order valence-electron chi connectivity index (χ4n) is 14.5. The lowest BCUT2D eigenvalue weighted by molar-refractivity contribution is -0.127. The van der Waals surface area contributed by atoms with Gasteiger partial charge >= 0.3 is 10.3 Å². The SMILES string of the molecule is BrB(Br)Br.C=CC(=O)Cl.C=CC(=O)N1CCN(c2ncnc3cc(-c4ccccc4F)c(O)cc23)CC1.C=CC(=O)N1CCN(c2ncnc3cc(-c4ccccc4F)c(OC)cc23)CC1.CCN(CC)CC.COc1cc2c(N3CCCCC3)ncnc2cc1-c1ccccc1F.COc1cc2c(N3CCCCC3)ncnc2cc1Br.OB(O)c1ccccc1F. The normalized spacial score (nSPS) is 13.4. The minimum Gasteiger partial charge on any atom is -0.507 e. The van der Waals surface area contributed by atoms with Crippen LogP contribution < -0.4 is 39.3 Å². The first-order valence-electron chi connectivity index (χ1n) is 41.1. The van der Waals surface area contributed by atoms with Gasteiger partial charge in [-0.2, -0.15) is 0 Å². The van der Waals surface area contributed by atoms with Gasteiger partial charge in [0.25, 0.3) is 0 Å². The van der Waals surface area contributed by atoms with E-state index < -0.39 is 24.0 Å². The number of carbonyl (C=O) groups excluding carboxylic acids is 3. The van der Waals surface area contributed by atoms with Crippen molar-refractivity contribution in [1.82, 2.24) is 54.6 Å². The number of hydrogen-bond acceptors (Lipinski definition) is 22. The Bertz CT molecular complexity index is 5700. The van der Waals surface area contributed by atoms with Gasteiger partial charge in [-0.15, -0.1) is 47.3 Å². The molecule has 0 aliphatic carbocycles. The highest BCUT2D eigenvalue weighted by Crippen LogP contribution is 2.42. The van der Waals surface area contributed by atoms with Crippen molar-refractivity contribution in [3.8, 4) is 56.4 Å². The summed E-state index contributed by atoms with van der Waals surface area (Å²) < 4.78 is 73.0. The van der Waals surface area contributed by atoms with Crippen molar-refractivity contribution in [2.24, 2.45) is 0 Å². The Morgan fingerprint density at radius 1 is 0.425 bits per heavy atom. The van der Waals surface area contributed by atoms with Crippen molar-refractivity contribution in [3.05, 3.63) is 237 Å².